The third-order valence-electron chi connectivity index (χ3n) is 9.87. The molecule has 0 saturated carbocycles. The minimum absolute atomic E-state index is 0.0849. The van der Waals surface area contributed by atoms with E-state index >= 15 is 0 Å². The fourth-order valence-electron chi connectivity index (χ4n) is 7.84. The van der Waals surface area contributed by atoms with Gasteiger partial charge in [0.25, 0.3) is 0 Å². The zero-order valence-corrected chi connectivity index (χ0v) is 23.7. The van der Waals surface area contributed by atoms with Crippen LogP contribution < -0.4 is 0 Å². The van der Waals surface area contributed by atoms with E-state index in [9.17, 15) is 5.26 Å². The van der Waals surface area contributed by atoms with Crippen molar-refractivity contribution in [3.05, 3.63) is 131 Å². The summed E-state index contributed by atoms with van der Waals surface area (Å²) in [6, 6.07) is 37.8. The first kappa shape index (κ1) is 23.6. The van der Waals surface area contributed by atoms with E-state index in [1.54, 1.807) is 0 Å². The Hall–Kier alpha value is -5.13. The fraction of sp³-hybridized carbons (Fsp3) is 0.125. The third-order valence-corrected chi connectivity index (χ3v) is 9.87. The number of aromatic nitrogens is 1. The molecule has 0 unspecified atom stereocenters. The molecular weight excluding hydrogens is 508 g/mol. The van der Waals surface area contributed by atoms with Gasteiger partial charge in [-0.1, -0.05) is 74.5 Å². The summed E-state index contributed by atoms with van der Waals surface area (Å²) >= 11 is 0. The molecule has 0 bridgehead atoms. The molecule has 6 aromatic carbocycles. The molecule has 0 N–H and O–H groups in total. The Balaban J connectivity index is 1.48. The zero-order valence-electron chi connectivity index (χ0n) is 23.7. The molecule has 198 valence electrons. The SMILES string of the molecule is CC1(C)c2ccccc2-c2cc3c4cc5c6c(c7ccccc7c5cc4n(-c4ccc(C#N)cc4)c3cc21)C=CCC6. The second-order valence-electron chi connectivity index (χ2n) is 12.4. The second kappa shape index (κ2) is 8.21. The molecule has 42 heavy (non-hydrogen) atoms. The molecule has 9 rings (SSSR count). The van der Waals surface area contributed by atoms with Crippen LogP contribution in [0, 0.1) is 11.3 Å². The summed E-state index contributed by atoms with van der Waals surface area (Å²) in [7, 11) is 0. The van der Waals surface area contributed by atoms with Gasteiger partial charge in [0.15, 0.2) is 0 Å². The smallest absolute Gasteiger partial charge is 0.0991 e. The second-order valence-corrected chi connectivity index (χ2v) is 12.4. The lowest BCUT2D eigenvalue weighted by atomic mass is 9.82. The lowest BCUT2D eigenvalue weighted by molar-refractivity contribution is 0.661. The number of benzene rings is 6. The quantitative estimate of drug-likeness (QED) is 0.192. The summed E-state index contributed by atoms with van der Waals surface area (Å²) in [4.78, 5) is 0. The van der Waals surface area contributed by atoms with E-state index in [1.807, 2.05) is 12.1 Å². The van der Waals surface area contributed by atoms with E-state index in [1.165, 1.54) is 76.7 Å². The van der Waals surface area contributed by atoms with E-state index in [4.69, 9.17) is 0 Å². The van der Waals surface area contributed by atoms with Crippen molar-refractivity contribution in [1.29, 1.82) is 5.26 Å². The molecule has 2 nitrogen and oxygen atoms in total. The van der Waals surface area contributed by atoms with Crippen LogP contribution in [0.3, 0.4) is 0 Å². The maximum absolute atomic E-state index is 9.51. The molecule has 0 amide bonds. The fourth-order valence-corrected chi connectivity index (χ4v) is 7.84. The number of aryl methyl sites for hydroxylation is 1. The van der Waals surface area contributed by atoms with Crippen molar-refractivity contribution in [2.75, 3.05) is 0 Å². The first-order chi connectivity index (χ1) is 20.5. The minimum Gasteiger partial charge on any atom is -0.309 e. The number of nitrogens with zero attached hydrogens (tertiary/aromatic N) is 2. The van der Waals surface area contributed by atoms with Gasteiger partial charge in [-0.3, -0.25) is 0 Å². The van der Waals surface area contributed by atoms with Gasteiger partial charge in [0.2, 0.25) is 0 Å². The molecule has 7 aromatic rings. The van der Waals surface area contributed by atoms with Crippen molar-refractivity contribution in [3.8, 4) is 22.9 Å². The number of nitriles is 1. The molecule has 1 heterocycles. The monoisotopic (exact) mass is 536 g/mol. The Labute approximate surface area is 244 Å². The Kier molecular flexibility index (Phi) is 4.61. The molecule has 0 saturated heterocycles. The summed E-state index contributed by atoms with van der Waals surface area (Å²) in [6.07, 6.45) is 6.78. The van der Waals surface area contributed by atoms with Crippen molar-refractivity contribution >= 4 is 49.4 Å². The first-order valence-corrected chi connectivity index (χ1v) is 14.8. The van der Waals surface area contributed by atoms with Crippen LogP contribution in [0.25, 0.3) is 66.2 Å². The first-order valence-electron chi connectivity index (χ1n) is 14.8. The normalized spacial score (nSPS) is 14.8. The Morgan fingerprint density at radius 1 is 0.667 bits per heavy atom. The number of fused-ring (bicyclic) bond motifs is 12. The number of allylic oxidation sites excluding steroid dienone is 1. The summed E-state index contributed by atoms with van der Waals surface area (Å²) in [5.74, 6) is 0. The molecule has 0 aliphatic heterocycles. The van der Waals surface area contributed by atoms with E-state index in [2.05, 4.69) is 122 Å². The van der Waals surface area contributed by atoms with Crippen LogP contribution in [-0.2, 0) is 11.8 Å². The highest BCUT2D eigenvalue weighted by atomic mass is 15.0. The molecular formula is C40H28N2. The Bertz CT molecular complexity index is 2370. The predicted octanol–water partition coefficient (Wildman–Crippen LogP) is 10.2. The highest BCUT2D eigenvalue weighted by molar-refractivity contribution is 6.21. The average Bonchev–Trinajstić information content (AvgIpc) is 3.47. The van der Waals surface area contributed by atoms with Gasteiger partial charge in [-0.2, -0.15) is 5.26 Å². The Morgan fingerprint density at radius 3 is 2.24 bits per heavy atom. The Morgan fingerprint density at radius 2 is 1.40 bits per heavy atom. The van der Waals surface area contributed by atoms with Gasteiger partial charge in [0.05, 0.1) is 22.7 Å². The summed E-state index contributed by atoms with van der Waals surface area (Å²) in [6.45, 7) is 4.69. The van der Waals surface area contributed by atoms with Gasteiger partial charge in [-0.15, -0.1) is 0 Å². The summed E-state index contributed by atoms with van der Waals surface area (Å²) in [5, 5.41) is 17.4. The van der Waals surface area contributed by atoms with Crippen molar-refractivity contribution < 1.29 is 0 Å². The van der Waals surface area contributed by atoms with Crippen molar-refractivity contribution in [2.45, 2.75) is 32.1 Å². The number of hydrogen-bond donors (Lipinski definition) is 0. The van der Waals surface area contributed by atoms with Gasteiger partial charge in [0.1, 0.15) is 0 Å². The molecule has 2 heteroatoms. The van der Waals surface area contributed by atoms with Gasteiger partial charge in [0, 0.05) is 21.9 Å². The predicted molar refractivity (Wildman–Crippen MR) is 175 cm³/mol. The van der Waals surface area contributed by atoms with Crippen LogP contribution in [0.1, 0.15) is 48.1 Å². The highest BCUT2D eigenvalue weighted by Crippen LogP contribution is 2.51. The third kappa shape index (κ3) is 2.98. The van der Waals surface area contributed by atoms with Crippen LogP contribution in [0.15, 0.2) is 103 Å². The van der Waals surface area contributed by atoms with Crippen molar-refractivity contribution in [2.24, 2.45) is 0 Å². The van der Waals surface area contributed by atoms with E-state index in [-0.39, 0.29) is 5.41 Å². The van der Waals surface area contributed by atoms with Gasteiger partial charge < -0.3 is 4.57 Å². The van der Waals surface area contributed by atoms with E-state index in [0.29, 0.717) is 5.56 Å². The minimum atomic E-state index is -0.0849. The number of rotatable bonds is 1. The molecule has 0 atom stereocenters. The van der Waals surface area contributed by atoms with Crippen molar-refractivity contribution in [3.63, 3.8) is 0 Å². The van der Waals surface area contributed by atoms with Gasteiger partial charge in [-0.25, -0.2) is 0 Å². The largest absolute Gasteiger partial charge is 0.309 e. The molecule has 0 spiro atoms. The van der Waals surface area contributed by atoms with E-state index < -0.39 is 0 Å². The summed E-state index contributed by atoms with van der Waals surface area (Å²) < 4.78 is 2.42. The highest BCUT2D eigenvalue weighted by Gasteiger charge is 2.36. The van der Waals surface area contributed by atoms with Crippen LogP contribution in [-0.4, -0.2) is 4.57 Å². The average molecular weight is 537 g/mol. The topological polar surface area (TPSA) is 28.7 Å². The maximum Gasteiger partial charge on any atom is 0.0991 e. The van der Waals surface area contributed by atoms with Crippen molar-refractivity contribution in [1.82, 2.24) is 4.57 Å². The summed E-state index contributed by atoms with van der Waals surface area (Å²) in [5.41, 5.74) is 12.3. The number of hydrogen-bond acceptors (Lipinski definition) is 1. The van der Waals surface area contributed by atoms with Gasteiger partial charge >= 0.3 is 0 Å². The van der Waals surface area contributed by atoms with Crippen LogP contribution in [0.2, 0.25) is 0 Å². The van der Waals surface area contributed by atoms with Crippen LogP contribution >= 0.6 is 0 Å². The molecule has 2 aliphatic rings. The zero-order chi connectivity index (χ0) is 28.2. The lowest BCUT2D eigenvalue weighted by Gasteiger charge is -2.21. The molecule has 0 radical (unpaired) electrons. The standard InChI is InChI=1S/C40H28N2/c1-40(2)36-14-8-7-13-30(36)33-20-35-34-19-31-28-11-5-3-9-26(28)27-10-4-6-12-29(27)32(31)21-38(34)42(39(35)22-37(33)40)25-17-15-24(23-41)16-18-25/h3-4,6-10,12-22H,5,11H2,1-2H3. The lowest BCUT2D eigenvalue weighted by Crippen LogP contribution is -2.14. The van der Waals surface area contributed by atoms with E-state index in [0.717, 1.165) is 18.5 Å². The maximum atomic E-state index is 9.51. The van der Waals surface area contributed by atoms with Crippen LogP contribution in [0.4, 0.5) is 0 Å². The molecule has 1 aromatic heterocycles. The van der Waals surface area contributed by atoms with Gasteiger partial charge in [-0.05, 0) is 116 Å². The van der Waals surface area contributed by atoms with Crippen LogP contribution in [0.5, 0.6) is 0 Å². The molecule has 0 fully saturated rings. The molecule has 2 aliphatic carbocycles.